The molecular weight excluding hydrogens is 352 g/mol. The smallest absolute Gasteiger partial charge is 0.273 e. The van der Waals surface area contributed by atoms with Gasteiger partial charge < -0.3 is 10.6 Å². The summed E-state index contributed by atoms with van der Waals surface area (Å²) < 4.78 is 0. The fourth-order valence-electron chi connectivity index (χ4n) is 2.06. The second kappa shape index (κ2) is 8.72. The van der Waals surface area contributed by atoms with Crippen molar-refractivity contribution < 1.29 is 9.72 Å². The Morgan fingerprint density at radius 3 is 2.46 bits per heavy atom. The van der Waals surface area contributed by atoms with Crippen molar-refractivity contribution in [2.75, 3.05) is 0 Å². The molecule has 0 aliphatic carbocycles. The highest BCUT2D eigenvalue weighted by atomic mass is 35.5. The maximum absolute atomic E-state index is 12.6. The Hall–Kier alpha value is -2.03. The van der Waals surface area contributed by atoms with Gasteiger partial charge in [0.15, 0.2) is 0 Å². The molecule has 0 aliphatic heterocycles. The average Bonchev–Trinajstić information content (AvgIpc) is 3.01. The van der Waals surface area contributed by atoms with Gasteiger partial charge in [0, 0.05) is 36.6 Å². The highest BCUT2D eigenvalue weighted by molar-refractivity contribution is 7.09. The number of hydrogen-bond donors (Lipinski definition) is 1. The molecule has 0 saturated carbocycles. The van der Waals surface area contributed by atoms with Crippen LogP contribution in [0.1, 0.15) is 34.9 Å². The zero-order chi connectivity index (χ0) is 17.0. The summed E-state index contributed by atoms with van der Waals surface area (Å²) in [4.78, 5) is 28.8. The third-order valence-electron chi connectivity index (χ3n) is 3.33. The second-order valence-electron chi connectivity index (χ2n) is 5.28. The third kappa shape index (κ3) is 4.73. The molecule has 9 heteroatoms. The summed E-state index contributed by atoms with van der Waals surface area (Å²) in [5.74, 6) is -0.172. The molecule has 24 heavy (non-hydrogen) atoms. The minimum absolute atomic E-state index is 0. The van der Waals surface area contributed by atoms with E-state index >= 15 is 0 Å². The van der Waals surface area contributed by atoms with Gasteiger partial charge >= 0.3 is 0 Å². The van der Waals surface area contributed by atoms with Crippen LogP contribution in [0, 0.1) is 10.1 Å². The number of thiazole rings is 1. The first-order valence-corrected chi connectivity index (χ1v) is 7.99. The molecule has 7 nitrogen and oxygen atoms in total. The van der Waals surface area contributed by atoms with Crippen LogP contribution in [-0.4, -0.2) is 26.8 Å². The van der Waals surface area contributed by atoms with Crippen molar-refractivity contribution in [1.29, 1.82) is 0 Å². The summed E-state index contributed by atoms with van der Waals surface area (Å²) >= 11 is 1.36. The summed E-state index contributed by atoms with van der Waals surface area (Å²) in [5, 5.41) is 13.1. The summed E-state index contributed by atoms with van der Waals surface area (Å²) in [5.41, 5.74) is 6.77. The largest absolute Gasteiger partial charge is 0.331 e. The lowest BCUT2D eigenvalue weighted by Crippen LogP contribution is -2.36. The molecule has 130 valence electrons. The summed E-state index contributed by atoms with van der Waals surface area (Å²) in [6.07, 6.45) is 0. The Bertz CT molecular complexity index is 703. The van der Waals surface area contributed by atoms with Crippen LogP contribution in [0.25, 0.3) is 0 Å². The molecule has 1 aromatic heterocycles. The van der Waals surface area contributed by atoms with Gasteiger partial charge in [-0.15, -0.1) is 23.7 Å². The molecule has 0 saturated heterocycles. The Balaban J connectivity index is 0.00000288. The molecule has 1 aromatic carbocycles. The zero-order valence-corrected chi connectivity index (χ0v) is 15.0. The monoisotopic (exact) mass is 370 g/mol. The van der Waals surface area contributed by atoms with Crippen LogP contribution < -0.4 is 5.73 Å². The lowest BCUT2D eigenvalue weighted by atomic mass is 10.1. The fraction of sp³-hybridized carbons (Fsp3) is 0.333. The van der Waals surface area contributed by atoms with Gasteiger partial charge in [0.1, 0.15) is 10.7 Å². The van der Waals surface area contributed by atoms with E-state index in [2.05, 4.69) is 4.98 Å². The number of halogens is 1. The van der Waals surface area contributed by atoms with Crippen LogP contribution in [0.4, 0.5) is 5.69 Å². The summed E-state index contributed by atoms with van der Waals surface area (Å²) in [6.45, 7) is 4.50. The number of benzene rings is 1. The number of nitrogens with two attached hydrogens (primary N) is 1. The highest BCUT2D eigenvalue weighted by Crippen LogP contribution is 2.18. The van der Waals surface area contributed by atoms with Crippen molar-refractivity contribution in [1.82, 2.24) is 9.88 Å². The molecule has 0 bridgehead atoms. The van der Waals surface area contributed by atoms with Crippen molar-refractivity contribution in [3.63, 3.8) is 0 Å². The van der Waals surface area contributed by atoms with E-state index in [4.69, 9.17) is 5.73 Å². The number of carbonyl (C=O) groups excluding carboxylic acids is 1. The number of nitro groups is 1. The van der Waals surface area contributed by atoms with Crippen molar-refractivity contribution in [3.8, 4) is 0 Å². The normalized spacial score (nSPS) is 10.3. The van der Waals surface area contributed by atoms with Crippen LogP contribution in [0.3, 0.4) is 0 Å². The predicted octanol–water partition coefficient (Wildman–Crippen LogP) is 2.98. The number of non-ortho nitro benzene ring substituents is 1. The molecule has 0 radical (unpaired) electrons. The van der Waals surface area contributed by atoms with Gasteiger partial charge in [0.2, 0.25) is 0 Å². The van der Waals surface area contributed by atoms with Gasteiger partial charge in [0.25, 0.3) is 11.6 Å². The molecular formula is C15H19ClN4O3S. The Kier molecular flexibility index (Phi) is 7.27. The van der Waals surface area contributed by atoms with Crippen molar-refractivity contribution in [2.24, 2.45) is 5.73 Å². The molecule has 0 spiro atoms. The number of aromatic nitrogens is 1. The van der Waals surface area contributed by atoms with E-state index < -0.39 is 4.92 Å². The second-order valence-corrected chi connectivity index (χ2v) is 6.22. The van der Waals surface area contributed by atoms with Gasteiger partial charge in [-0.2, -0.15) is 0 Å². The molecule has 1 amide bonds. The Morgan fingerprint density at radius 1 is 1.38 bits per heavy atom. The van der Waals surface area contributed by atoms with Gasteiger partial charge in [0.05, 0.1) is 4.92 Å². The SMILES string of the molecule is CC(C)N(Cc1ccc([N+](=O)[O-])cc1)C(=O)c1csc(CN)n1.Cl. The lowest BCUT2D eigenvalue weighted by molar-refractivity contribution is -0.384. The minimum Gasteiger partial charge on any atom is -0.331 e. The first-order chi connectivity index (χ1) is 10.9. The number of hydrogen-bond acceptors (Lipinski definition) is 6. The van der Waals surface area contributed by atoms with Crippen LogP contribution in [0.2, 0.25) is 0 Å². The highest BCUT2D eigenvalue weighted by Gasteiger charge is 2.21. The summed E-state index contributed by atoms with van der Waals surface area (Å²) in [6, 6.07) is 6.17. The Morgan fingerprint density at radius 2 is 2.00 bits per heavy atom. The van der Waals surface area contributed by atoms with Gasteiger partial charge in [-0.3, -0.25) is 14.9 Å². The van der Waals surface area contributed by atoms with E-state index in [0.717, 1.165) is 5.56 Å². The van der Waals surface area contributed by atoms with E-state index in [9.17, 15) is 14.9 Å². The minimum atomic E-state index is -0.446. The fourth-order valence-corrected chi connectivity index (χ4v) is 2.71. The topological polar surface area (TPSA) is 102 Å². The Labute approximate surface area is 150 Å². The van der Waals surface area contributed by atoms with Gasteiger partial charge in [-0.25, -0.2) is 4.98 Å². The first-order valence-electron chi connectivity index (χ1n) is 7.11. The standard InChI is InChI=1S/C15H18N4O3S.ClH/c1-10(2)18(15(20)13-9-23-14(7-16)17-13)8-11-3-5-12(6-4-11)19(21)22;/h3-6,9-10H,7-8,16H2,1-2H3;1H. The van der Waals surface area contributed by atoms with E-state index in [-0.39, 0.29) is 30.0 Å². The molecule has 0 aliphatic rings. The van der Waals surface area contributed by atoms with Crippen LogP contribution in [-0.2, 0) is 13.1 Å². The third-order valence-corrected chi connectivity index (χ3v) is 4.20. The number of amides is 1. The maximum atomic E-state index is 12.6. The molecule has 2 rings (SSSR count). The number of nitro benzene ring substituents is 1. The lowest BCUT2D eigenvalue weighted by Gasteiger charge is -2.26. The van der Waals surface area contributed by atoms with Crippen LogP contribution in [0.15, 0.2) is 29.6 Å². The average molecular weight is 371 g/mol. The van der Waals surface area contributed by atoms with Crippen molar-refractivity contribution >= 4 is 35.3 Å². The predicted molar refractivity (Wildman–Crippen MR) is 95.4 cm³/mol. The van der Waals surface area contributed by atoms with Crippen LogP contribution in [0.5, 0.6) is 0 Å². The van der Waals surface area contributed by atoms with Crippen molar-refractivity contribution in [3.05, 3.63) is 56.0 Å². The van der Waals surface area contributed by atoms with E-state index in [1.165, 1.54) is 23.5 Å². The maximum Gasteiger partial charge on any atom is 0.273 e. The molecule has 0 atom stereocenters. The van der Waals surface area contributed by atoms with Crippen LogP contribution >= 0.6 is 23.7 Å². The summed E-state index contributed by atoms with van der Waals surface area (Å²) in [7, 11) is 0. The van der Waals surface area contributed by atoms with Crippen molar-refractivity contribution in [2.45, 2.75) is 33.0 Å². The van der Waals surface area contributed by atoms with E-state index in [1.807, 2.05) is 13.8 Å². The van der Waals surface area contributed by atoms with E-state index in [0.29, 0.717) is 23.8 Å². The van der Waals surface area contributed by atoms with E-state index in [1.54, 1.807) is 22.4 Å². The first kappa shape index (κ1) is 20.0. The molecule has 0 unspecified atom stereocenters. The van der Waals surface area contributed by atoms with Gasteiger partial charge in [-0.1, -0.05) is 12.1 Å². The number of carbonyl (C=O) groups is 1. The quantitative estimate of drug-likeness (QED) is 0.622. The van der Waals surface area contributed by atoms with Gasteiger partial charge in [-0.05, 0) is 19.4 Å². The number of rotatable bonds is 6. The molecule has 2 N–H and O–H groups in total. The zero-order valence-electron chi connectivity index (χ0n) is 13.3. The molecule has 1 heterocycles. The molecule has 0 fully saturated rings. The molecule has 2 aromatic rings. The number of nitrogens with zero attached hydrogens (tertiary/aromatic N) is 3.